The van der Waals surface area contributed by atoms with Gasteiger partial charge in [0.1, 0.15) is 5.82 Å². The molecular weight excluding hydrogens is 301 g/mol. The molecule has 1 aromatic heterocycles. The molecule has 4 heteroatoms. The Morgan fingerprint density at radius 2 is 1.83 bits per heavy atom. The van der Waals surface area contributed by atoms with Crippen molar-refractivity contribution in [3.8, 4) is 0 Å². The maximum absolute atomic E-state index is 13.8. The maximum atomic E-state index is 13.8. The van der Waals surface area contributed by atoms with Crippen LogP contribution in [0.2, 0.25) is 0 Å². The molecule has 1 aliphatic rings. The van der Waals surface area contributed by atoms with Gasteiger partial charge in [-0.05, 0) is 56.7 Å². The zero-order valence-corrected chi connectivity index (χ0v) is 14.0. The van der Waals surface area contributed by atoms with Gasteiger partial charge in [0.05, 0.1) is 17.8 Å². The zero-order chi connectivity index (χ0) is 16.5. The van der Waals surface area contributed by atoms with Gasteiger partial charge >= 0.3 is 0 Å². The molecule has 0 atom stereocenters. The molecule has 0 bridgehead atoms. The Bertz CT molecular complexity index is 833. The minimum atomic E-state index is -0.202. The van der Waals surface area contributed by atoms with Crippen LogP contribution in [0.3, 0.4) is 0 Å². The third-order valence-electron chi connectivity index (χ3n) is 5.02. The summed E-state index contributed by atoms with van der Waals surface area (Å²) >= 11 is 0. The van der Waals surface area contributed by atoms with Crippen LogP contribution in [0.4, 0.5) is 4.39 Å². The Morgan fingerprint density at radius 1 is 1.08 bits per heavy atom. The normalized spacial score (nSPS) is 16.8. The summed E-state index contributed by atoms with van der Waals surface area (Å²) in [6.07, 6.45) is 2.23. The second-order valence-corrected chi connectivity index (χ2v) is 6.77. The highest BCUT2D eigenvalue weighted by atomic mass is 19.1. The van der Waals surface area contributed by atoms with E-state index in [1.54, 1.807) is 12.1 Å². The van der Waals surface area contributed by atoms with Gasteiger partial charge in [0.15, 0.2) is 0 Å². The number of halogens is 1. The number of piperidine rings is 1. The van der Waals surface area contributed by atoms with Gasteiger partial charge < -0.3 is 4.90 Å². The molecule has 0 unspecified atom stereocenters. The fourth-order valence-corrected chi connectivity index (χ4v) is 3.63. The molecule has 0 N–H and O–H groups in total. The summed E-state index contributed by atoms with van der Waals surface area (Å²) in [5.74, 6) is 0.262. The van der Waals surface area contributed by atoms with Crippen molar-refractivity contribution >= 4 is 10.9 Å². The van der Waals surface area contributed by atoms with Crippen LogP contribution in [-0.2, 0) is 6.54 Å². The second-order valence-electron chi connectivity index (χ2n) is 6.77. The fraction of sp³-hybridized carbons (Fsp3) is 0.350. The van der Waals surface area contributed by atoms with Crippen molar-refractivity contribution in [2.45, 2.75) is 25.3 Å². The lowest BCUT2D eigenvalue weighted by Crippen LogP contribution is -2.29. The summed E-state index contributed by atoms with van der Waals surface area (Å²) < 4.78 is 15.8. The zero-order valence-electron chi connectivity index (χ0n) is 14.0. The van der Waals surface area contributed by atoms with Crippen molar-refractivity contribution in [3.05, 3.63) is 65.6 Å². The molecule has 2 heterocycles. The van der Waals surface area contributed by atoms with Crippen molar-refractivity contribution in [1.82, 2.24) is 14.7 Å². The highest BCUT2D eigenvalue weighted by Crippen LogP contribution is 2.32. The summed E-state index contributed by atoms with van der Waals surface area (Å²) in [5.41, 5.74) is 3.21. The summed E-state index contributed by atoms with van der Waals surface area (Å²) in [7, 11) is 2.16. The monoisotopic (exact) mass is 323 g/mol. The van der Waals surface area contributed by atoms with E-state index in [0.717, 1.165) is 42.5 Å². The Morgan fingerprint density at radius 3 is 2.58 bits per heavy atom. The van der Waals surface area contributed by atoms with Crippen LogP contribution >= 0.6 is 0 Å². The van der Waals surface area contributed by atoms with Gasteiger partial charge in [0.2, 0.25) is 0 Å². The molecular formula is C20H22FN3. The molecule has 0 amide bonds. The van der Waals surface area contributed by atoms with Gasteiger partial charge in [0.25, 0.3) is 0 Å². The number of fused-ring (bicyclic) bond motifs is 1. The van der Waals surface area contributed by atoms with Crippen LogP contribution in [0.1, 0.15) is 30.0 Å². The quantitative estimate of drug-likeness (QED) is 0.725. The van der Waals surface area contributed by atoms with Crippen molar-refractivity contribution < 1.29 is 4.39 Å². The smallest absolute Gasteiger partial charge is 0.125 e. The van der Waals surface area contributed by atoms with Crippen molar-refractivity contribution in [2.75, 3.05) is 20.1 Å². The summed E-state index contributed by atoms with van der Waals surface area (Å²) in [6.45, 7) is 2.87. The highest BCUT2D eigenvalue weighted by molar-refractivity contribution is 5.82. The summed E-state index contributed by atoms with van der Waals surface area (Å²) in [5, 5.41) is 6.00. The van der Waals surface area contributed by atoms with Gasteiger partial charge in [-0.15, -0.1) is 0 Å². The molecule has 3 nitrogen and oxygen atoms in total. The van der Waals surface area contributed by atoms with E-state index in [4.69, 9.17) is 5.10 Å². The van der Waals surface area contributed by atoms with E-state index in [9.17, 15) is 4.39 Å². The highest BCUT2D eigenvalue weighted by Gasteiger charge is 2.24. The van der Waals surface area contributed by atoms with E-state index in [1.807, 2.05) is 28.9 Å². The molecule has 0 aliphatic carbocycles. The third kappa shape index (κ3) is 2.94. The minimum Gasteiger partial charge on any atom is -0.306 e. The average Bonchev–Trinajstić information content (AvgIpc) is 2.94. The molecule has 1 fully saturated rings. The van der Waals surface area contributed by atoms with Crippen molar-refractivity contribution in [1.29, 1.82) is 0 Å². The molecule has 24 heavy (non-hydrogen) atoms. The number of hydrogen-bond donors (Lipinski definition) is 0. The number of nitrogens with zero attached hydrogens (tertiary/aromatic N) is 3. The van der Waals surface area contributed by atoms with Crippen LogP contribution in [0.15, 0.2) is 48.5 Å². The van der Waals surface area contributed by atoms with E-state index < -0.39 is 0 Å². The predicted octanol–water partition coefficient (Wildman–Crippen LogP) is 4.03. The molecule has 4 rings (SSSR count). The van der Waals surface area contributed by atoms with E-state index in [1.165, 1.54) is 5.56 Å². The fourth-order valence-electron chi connectivity index (χ4n) is 3.63. The van der Waals surface area contributed by atoms with Gasteiger partial charge in [-0.3, -0.25) is 4.68 Å². The molecule has 2 aromatic carbocycles. The lowest BCUT2D eigenvalue weighted by atomic mass is 9.92. The van der Waals surface area contributed by atoms with E-state index in [2.05, 4.69) is 24.1 Å². The first kappa shape index (κ1) is 15.3. The predicted molar refractivity (Wildman–Crippen MR) is 94.7 cm³/mol. The van der Waals surface area contributed by atoms with Gasteiger partial charge in [-0.2, -0.15) is 5.10 Å². The van der Waals surface area contributed by atoms with E-state index >= 15 is 0 Å². The summed E-state index contributed by atoms with van der Waals surface area (Å²) in [6, 6.07) is 15.3. The summed E-state index contributed by atoms with van der Waals surface area (Å²) in [4.78, 5) is 2.36. The third-order valence-corrected chi connectivity index (χ3v) is 5.02. The molecule has 0 spiro atoms. The molecule has 1 aliphatic heterocycles. The maximum Gasteiger partial charge on any atom is 0.125 e. The molecule has 0 saturated carbocycles. The number of benzene rings is 2. The average molecular weight is 323 g/mol. The first-order valence-corrected chi connectivity index (χ1v) is 8.59. The molecule has 1 saturated heterocycles. The van der Waals surface area contributed by atoms with Crippen LogP contribution in [0, 0.1) is 5.82 Å². The minimum absolute atomic E-state index is 0.202. The van der Waals surface area contributed by atoms with Crippen LogP contribution in [0.25, 0.3) is 10.9 Å². The molecule has 0 radical (unpaired) electrons. The largest absolute Gasteiger partial charge is 0.306 e. The topological polar surface area (TPSA) is 21.1 Å². The van der Waals surface area contributed by atoms with Gasteiger partial charge in [-0.1, -0.05) is 30.3 Å². The van der Waals surface area contributed by atoms with E-state index in [0.29, 0.717) is 12.5 Å². The number of rotatable bonds is 3. The van der Waals surface area contributed by atoms with Gasteiger partial charge in [0, 0.05) is 11.3 Å². The first-order valence-electron chi connectivity index (χ1n) is 8.59. The molecule has 124 valence electrons. The SMILES string of the molecule is CN1CCC(c2nn(Cc3ccccc3)c3cc(F)ccc23)CC1. The standard InChI is InChI=1S/C20H22FN3/c1-23-11-9-16(10-12-23)20-18-8-7-17(21)13-19(18)24(22-20)14-15-5-3-2-4-6-15/h2-8,13,16H,9-12,14H2,1H3. The molecule has 3 aromatic rings. The Kier molecular flexibility index (Phi) is 4.07. The van der Waals surface area contributed by atoms with E-state index in [-0.39, 0.29) is 5.82 Å². The number of aromatic nitrogens is 2. The van der Waals surface area contributed by atoms with Crippen LogP contribution in [0.5, 0.6) is 0 Å². The van der Waals surface area contributed by atoms with Crippen LogP contribution < -0.4 is 0 Å². The lowest BCUT2D eigenvalue weighted by molar-refractivity contribution is 0.253. The second kappa shape index (κ2) is 6.36. The first-order chi connectivity index (χ1) is 11.7. The Hall–Kier alpha value is -2.20. The van der Waals surface area contributed by atoms with Crippen LogP contribution in [-0.4, -0.2) is 34.8 Å². The Labute approximate surface area is 141 Å². The lowest BCUT2D eigenvalue weighted by Gasteiger charge is -2.28. The van der Waals surface area contributed by atoms with Crippen molar-refractivity contribution in [2.24, 2.45) is 0 Å². The Balaban J connectivity index is 1.75. The van der Waals surface area contributed by atoms with Gasteiger partial charge in [-0.25, -0.2) is 4.39 Å². The number of hydrogen-bond acceptors (Lipinski definition) is 2. The van der Waals surface area contributed by atoms with Crippen molar-refractivity contribution in [3.63, 3.8) is 0 Å². The number of likely N-dealkylation sites (tertiary alicyclic amines) is 1.